The first-order chi connectivity index (χ1) is 10.2. The second kappa shape index (κ2) is 6.39. The molecule has 1 saturated heterocycles. The van der Waals surface area contributed by atoms with E-state index < -0.39 is 0 Å². The van der Waals surface area contributed by atoms with Crippen LogP contribution in [-0.2, 0) is 18.3 Å². The third-order valence-electron chi connectivity index (χ3n) is 4.53. The van der Waals surface area contributed by atoms with Gasteiger partial charge in [-0.15, -0.1) is 0 Å². The fourth-order valence-corrected chi connectivity index (χ4v) is 3.15. The molecule has 0 atom stereocenters. The van der Waals surface area contributed by atoms with Gasteiger partial charge in [0.15, 0.2) is 0 Å². The third-order valence-corrected chi connectivity index (χ3v) is 4.53. The number of hydrogen-bond donors (Lipinski definition) is 1. The summed E-state index contributed by atoms with van der Waals surface area (Å²) in [7, 11) is 1.99. The molecule has 0 bridgehead atoms. The lowest BCUT2D eigenvalue weighted by atomic mass is 9.92. The van der Waals surface area contributed by atoms with E-state index >= 15 is 0 Å². The number of fused-ring (bicyclic) bond motifs is 1. The highest BCUT2D eigenvalue weighted by molar-refractivity contribution is 5.82. The Kier molecular flexibility index (Phi) is 4.34. The summed E-state index contributed by atoms with van der Waals surface area (Å²) in [6.07, 6.45) is 4.59. The van der Waals surface area contributed by atoms with Crippen LogP contribution in [0.3, 0.4) is 0 Å². The molecule has 0 radical (unpaired) electrons. The van der Waals surface area contributed by atoms with Crippen molar-refractivity contribution < 1.29 is 4.79 Å². The molecule has 0 aliphatic carbocycles. The molecule has 0 saturated carbocycles. The first kappa shape index (κ1) is 14.3. The minimum Gasteiger partial charge on any atom is -0.331 e. The molecule has 0 amide bonds. The van der Waals surface area contributed by atoms with Crippen molar-refractivity contribution in [1.82, 2.24) is 14.9 Å². The number of Topliss-reactive ketones (excluding diaryl/α,β-unsaturated/α-hetero) is 1. The van der Waals surface area contributed by atoms with Crippen molar-refractivity contribution in [2.24, 2.45) is 13.0 Å². The summed E-state index contributed by atoms with van der Waals surface area (Å²) >= 11 is 0. The molecular weight excluding hydrogens is 262 g/mol. The second-order valence-electron chi connectivity index (χ2n) is 6.02. The number of imidazole rings is 1. The van der Waals surface area contributed by atoms with Gasteiger partial charge in [0.25, 0.3) is 0 Å². The second-order valence-corrected chi connectivity index (χ2v) is 6.02. The monoisotopic (exact) mass is 285 g/mol. The molecule has 0 spiro atoms. The maximum absolute atomic E-state index is 12.2. The molecule has 0 unspecified atom stereocenters. The van der Waals surface area contributed by atoms with Crippen molar-refractivity contribution in [1.29, 1.82) is 0 Å². The number of ketones is 1. The van der Waals surface area contributed by atoms with Crippen LogP contribution in [-0.4, -0.2) is 28.4 Å². The van der Waals surface area contributed by atoms with E-state index in [-0.39, 0.29) is 0 Å². The smallest absolute Gasteiger partial charge is 0.140 e. The fourth-order valence-electron chi connectivity index (χ4n) is 3.15. The van der Waals surface area contributed by atoms with Crippen LogP contribution in [0.1, 0.15) is 31.5 Å². The molecular formula is C17H23N3O. The van der Waals surface area contributed by atoms with Crippen molar-refractivity contribution in [3.05, 3.63) is 30.1 Å². The molecule has 21 heavy (non-hydrogen) atoms. The van der Waals surface area contributed by atoms with Crippen LogP contribution in [0.25, 0.3) is 11.0 Å². The number of aromatic nitrogens is 2. The predicted molar refractivity (Wildman–Crippen MR) is 84.3 cm³/mol. The predicted octanol–water partition coefficient (Wildman–Crippen LogP) is 2.46. The van der Waals surface area contributed by atoms with Gasteiger partial charge >= 0.3 is 0 Å². The highest BCUT2D eigenvalue weighted by Crippen LogP contribution is 2.19. The van der Waals surface area contributed by atoms with Gasteiger partial charge in [-0.05, 0) is 50.4 Å². The van der Waals surface area contributed by atoms with E-state index in [9.17, 15) is 4.79 Å². The van der Waals surface area contributed by atoms with E-state index in [0.717, 1.165) is 42.3 Å². The number of benzene rings is 1. The minimum absolute atomic E-state index is 0.312. The van der Waals surface area contributed by atoms with Gasteiger partial charge in [0.2, 0.25) is 0 Å². The molecule has 3 rings (SSSR count). The molecule has 4 heteroatoms. The molecule has 1 aliphatic heterocycles. The van der Waals surface area contributed by atoms with Crippen LogP contribution >= 0.6 is 0 Å². The Morgan fingerprint density at radius 1 is 1.33 bits per heavy atom. The molecule has 2 heterocycles. The van der Waals surface area contributed by atoms with Gasteiger partial charge < -0.3 is 9.88 Å². The van der Waals surface area contributed by atoms with Crippen molar-refractivity contribution in [2.45, 2.75) is 32.1 Å². The Morgan fingerprint density at radius 2 is 2.10 bits per heavy atom. The van der Waals surface area contributed by atoms with E-state index in [0.29, 0.717) is 18.6 Å². The van der Waals surface area contributed by atoms with Crippen LogP contribution in [0.5, 0.6) is 0 Å². The van der Waals surface area contributed by atoms with Gasteiger partial charge in [-0.1, -0.05) is 12.1 Å². The maximum atomic E-state index is 12.2. The van der Waals surface area contributed by atoms with E-state index in [1.807, 2.05) is 35.9 Å². The van der Waals surface area contributed by atoms with Gasteiger partial charge in [-0.25, -0.2) is 4.98 Å². The van der Waals surface area contributed by atoms with Crippen LogP contribution < -0.4 is 5.32 Å². The fraction of sp³-hybridized carbons (Fsp3) is 0.529. The van der Waals surface area contributed by atoms with E-state index in [1.165, 1.54) is 12.8 Å². The highest BCUT2D eigenvalue weighted by Gasteiger charge is 2.16. The van der Waals surface area contributed by atoms with Crippen molar-refractivity contribution in [3.63, 3.8) is 0 Å². The number of nitrogens with zero attached hydrogens (tertiary/aromatic N) is 2. The van der Waals surface area contributed by atoms with Gasteiger partial charge in [0, 0.05) is 13.5 Å². The topological polar surface area (TPSA) is 46.9 Å². The molecule has 112 valence electrons. The lowest BCUT2D eigenvalue weighted by molar-refractivity contribution is -0.118. The van der Waals surface area contributed by atoms with E-state index in [2.05, 4.69) is 10.3 Å². The lowest BCUT2D eigenvalue weighted by Crippen LogP contribution is -2.28. The van der Waals surface area contributed by atoms with Crippen LogP contribution in [0.4, 0.5) is 0 Å². The quantitative estimate of drug-likeness (QED) is 0.918. The normalized spacial score (nSPS) is 16.4. The molecule has 1 N–H and O–H groups in total. The Hall–Kier alpha value is -1.68. The SMILES string of the molecule is Cn1c(CC(=O)CCC2CCNCC2)nc2ccccc21. The average molecular weight is 285 g/mol. The highest BCUT2D eigenvalue weighted by atomic mass is 16.1. The van der Waals surface area contributed by atoms with Gasteiger partial charge in [0.1, 0.15) is 11.6 Å². The summed E-state index contributed by atoms with van der Waals surface area (Å²) in [5.74, 6) is 1.91. The standard InChI is InChI=1S/C17H23N3O/c1-20-16-5-3-2-4-15(16)19-17(20)12-14(21)7-6-13-8-10-18-11-9-13/h2-5,13,18H,6-12H2,1H3. The first-order valence-electron chi connectivity index (χ1n) is 7.87. The average Bonchev–Trinajstić information content (AvgIpc) is 2.83. The molecule has 1 aliphatic rings. The van der Waals surface area contributed by atoms with E-state index in [1.54, 1.807) is 0 Å². The van der Waals surface area contributed by atoms with E-state index in [4.69, 9.17) is 0 Å². The molecule has 2 aromatic rings. The number of para-hydroxylation sites is 2. The maximum Gasteiger partial charge on any atom is 0.140 e. The summed E-state index contributed by atoms with van der Waals surface area (Å²) in [5.41, 5.74) is 2.07. The van der Waals surface area contributed by atoms with Gasteiger partial charge in [-0.3, -0.25) is 4.79 Å². The number of rotatable bonds is 5. The molecule has 4 nitrogen and oxygen atoms in total. The number of hydrogen-bond acceptors (Lipinski definition) is 3. The summed E-state index contributed by atoms with van der Waals surface area (Å²) in [4.78, 5) is 16.8. The minimum atomic E-state index is 0.312. The zero-order valence-corrected chi connectivity index (χ0v) is 12.6. The number of nitrogens with one attached hydrogen (secondary N) is 1. The molecule has 1 aromatic heterocycles. The van der Waals surface area contributed by atoms with Crippen LogP contribution in [0.15, 0.2) is 24.3 Å². The Morgan fingerprint density at radius 3 is 2.86 bits per heavy atom. The molecule has 1 aromatic carbocycles. The Labute approximate surface area is 125 Å². The van der Waals surface area contributed by atoms with Crippen LogP contribution in [0.2, 0.25) is 0 Å². The number of aryl methyl sites for hydroxylation is 1. The number of piperidine rings is 1. The zero-order valence-electron chi connectivity index (χ0n) is 12.6. The third kappa shape index (κ3) is 3.32. The van der Waals surface area contributed by atoms with Crippen molar-refractivity contribution in [3.8, 4) is 0 Å². The Balaban J connectivity index is 1.59. The molecule has 1 fully saturated rings. The van der Waals surface area contributed by atoms with Crippen molar-refractivity contribution in [2.75, 3.05) is 13.1 Å². The Bertz CT molecular complexity index is 626. The summed E-state index contributed by atoms with van der Waals surface area (Å²) in [6.45, 7) is 2.20. The largest absolute Gasteiger partial charge is 0.331 e. The lowest BCUT2D eigenvalue weighted by Gasteiger charge is -2.22. The summed E-state index contributed by atoms with van der Waals surface area (Å²) in [5, 5.41) is 3.37. The van der Waals surface area contributed by atoms with Gasteiger partial charge in [0.05, 0.1) is 17.5 Å². The number of carbonyl (C=O) groups is 1. The van der Waals surface area contributed by atoms with Crippen LogP contribution in [0, 0.1) is 5.92 Å². The summed E-state index contributed by atoms with van der Waals surface area (Å²) in [6, 6.07) is 8.04. The van der Waals surface area contributed by atoms with Gasteiger partial charge in [-0.2, -0.15) is 0 Å². The van der Waals surface area contributed by atoms with Crippen molar-refractivity contribution >= 4 is 16.8 Å². The first-order valence-corrected chi connectivity index (χ1v) is 7.87. The number of carbonyl (C=O) groups excluding carboxylic acids is 1. The zero-order chi connectivity index (χ0) is 14.7. The summed E-state index contributed by atoms with van der Waals surface area (Å²) < 4.78 is 2.04.